The Kier molecular flexibility index (Phi) is 7.51. The molecule has 1 saturated carbocycles. The van der Waals surface area contributed by atoms with Crippen molar-refractivity contribution in [1.82, 2.24) is 15.1 Å². The summed E-state index contributed by atoms with van der Waals surface area (Å²) in [5, 5.41) is 6.21. The van der Waals surface area contributed by atoms with Gasteiger partial charge in [0.05, 0.1) is 19.3 Å². The smallest absolute Gasteiger partial charge is 0.341 e. The molecule has 2 atom stereocenters. The minimum absolute atomic E-state index is 0.0696. The zero-order valence-corrected chi connectivity index (χ0v) is 21.7. The molecule has 0 bridgehead atoms. The minimum atomic E-state index is -3.52. The first-order chi connectivity index (χ1) is 18.3. The van der Waals surface area contributed by atoms with E-state index in [0.29, 0.717) is 36.0 Å². The summed E-state index contributed by atoms with van der Waals surface area (Å²) < 4.78 is 40.6. The number of carbonyl (C=O) groups excluding carboxylic acids is 2. The number of aliphatic imine (C=N–C) groups is 2. The van der Waals surface area contributed by atoms with Crippen LogP contribution in [0.25, 0.3) is 0 Å². The zero-order chi connectivity index (χ0) is 26.9. The molecule has 10 nitrogen and oxygen atoms in total. The molecular weight excluding hydrogens is 498 g/mol. The molecule has 3 heterocycles. The quantitative estimate of drug-likeness (QED) is 0.583. The van der Waals surface area contributed by atoms with E-state index < -0.39 is 30.7 Å². The zero-order valence-electron chi connectivity index (χ0n) is 21.7. The third-order valence-electron chi connectivity index (χ3n) is 7.67. The van der Waals surface area contributed by atoms with Gasteiger partial charge in [0.1, 0.15) is 17.6 Å². The number of hydrogen-bond acceptors (Lipinski definition) is 8. The van der Waals surface area contributed by atoms with Gasteiger partial charge in [-0.25, -0.2) is 9.98 Å². The van der Waals surface area contributed by atoms with Crippen molar-refractivity contribution in [2.45, 2.75) is 68.9 Å². The largest absolute Gasteiger partial charge is 0.495 e. The van der Waals surface area contributed by atoms with Gasteiger partial charge in [-0.1, -0.05) is 12.8 Å². The summed E-state index contributed by atoms with van der Waals surface area (Å²) in [4.78, 5) is 37.0. The van der Waals surface area contributed by atoms with Gasteiger partial charge in [0.25, 0.3) is 11.8 Å². The van der Waals surface area contributed by atoms with Crippen LogP contribution in [0.4, 0.5) is 14.5 Å². The van der Waals surface area contributed by atoms with Crippen LogP contribution in [-0.4, -0.2) is 97.9 Å². The van der Waals surface area contributed by atoms with E-state index in [0.717, 1.165) is 43.4 Å². The Morgan fingerprint density at radius 1 is 1.18 bits per heavy atom. The molecule has 1 aliphatic carbocycles. The predicted molar refractivity (Wildman–Crippen MR) is 138 cm³/mol. The summed E-state index contributed by atoms with van der Waals surface area (Å²) >= 11 is 0. The molecule has 3 aliphatic heterocycles. The number of carbonyl (C=O) groups is 2. The van der Waals surface area contributed by atoms with E-state index >= 15 is 0 Å². The SMILES string of the molecule is COc1cc(C(=O)NC2CCOCC2)ccc1NC1N=CC2C(=N1)N(C1CCCC1)CC(F)(F)C(=O)N2C. The minimum Gasteiger partial charge on any atom is -0.495 e. The van der Waals surface area contributed by atoms with E-state index in [9.17, 15) is 18.4 Å². The maximum atomic E-state index is 14.8. The highest BCUT2D eigenvalue weighted by molar-refractivity contribution is 6.07. The third-order valence-corrected chi connectivity index (χ3v) is 7.67. The van der Waals surface area contributed by atoms with Crippen LogP contribution in [0.15, 0.2) is 28.2 Å². The molecular formula is C26H34F2N6O4. The molecule has 0 radical (unpaired) electrons. The highest BCUT2D eigenvalue weighted by Gasteiger charge is 2.51. The number of likely N-dealkylation sites (N-methyl/N-ethyl adjacent to an activating group) is 1. The topological polar surface area (TPSA) is 108 Å². The molecule has 2 unspecified atom stereocenters. The van der Waals surface area contributed by atoms with Gasteiger partial charge in [-0.15, -0.1) is 0 Å². The lowest BCUT2D eigenvalue weighted by Crippen LogP contribution is -2.51. The van der Waals surface area contributed by atoms with Crippen molar-refractivity contribution in [3.05, 3.63) is 23.8 Å². The Hall–Kier alpha value is -3.28. The molecule has 5 rings (SSSR count). The average molecular weight is 533 g/mol. The molecule has 3 fully saturated rings. The van der Waals surface area contributed by atoms with Crippen LogP contribution < -0.4 is 15.4 Å². The maximum Gasteiger partial charge on any atom is 0.341 e. The summed E-state index contributed by atoms with van der Waals surface area (Å²) in [6.45, 7) is 0.557. The molecule has 206 valence electrons. The third kappa shape index (κ3) is 5.31. The first-order valence-electron chi connectivity index (χ1n) is 13.1. The van der Waals surface area contributed by atoms with Crippen LogP contribution in [0.2, 0.25) is 0 Å². The molecule has 2 N–H and O–H groups in total. The van der Waals surface area contributed by atoms with Crippen molar-refractivity contribution >= 4 is 29.6 Å². The van der Waals surface area contributed by atoms with Gasteiger partial charge >= 0.3 is 5.92 Å². The van der Waals surface area contributed by atoms with Gasteiger partial charge in [-0.3, -0.25) is 9.59 Å². The summed E-state index contributed by atoms with van der Waals surface area (Å²) in [6, 6.07) is 4.24. The fourth-order valence-electron chi connectivity index (χ4n) is 5.53. The van der Waals surface area contributed by atoms with E-state index in [2.05, 4.69) is 15.6 Å². The number of amides is 2. The molecule has 2 saturated heterocycles. The molecule has 4 aliphatic rings. The molecule has 12 heteroatoms. The van der Waals surface area contributed by atoms with Crippen LogP contribution in [-0.2, 0) is 9.53 Å². The second kappa shape index (κ2) is 10.8. The van der Waals surface area contributed by atoms with E-state index in [4.69, 9.17) is 14.5 Å². The number of amidine groups is 1. The van der Waals surface area contributed by atoms with Crippen LogP contribution in [0.3, 0.4) is 0 Å². The number of alkyl halides is 2. The van der Waals surface area contributed by atoms with Crippen molar-refractivity contribution in [2.75, 3.05) is 39.2 Å². The van der Waals surface area contributed by atoms with Crippen molar-refractivity contribution in [2.24, 2.45) is 9.98 Å². The Labute approximate surface area is 220 Å². The van der Waals surface area contributed by atoms with Crippen LogP contribution in [0.5, 0.6) is 5.75 Å². The number of halogens is 2. The predicted octanol–water partition coefficient (Wildman–Crippen LogP) is 2.50. The van der Waals surface area contributed by atoms with Crippen molar-refractivity contribution in [1.29, 1.82) is 0 Å². The van der Waals surface area contributed by atoms with Crippen molar-refractivity contribution in [3.63, 3.8) is 0 Å². The first kappa shape index (κ1) is 26.3. The van der Waals surface area contributed by atoms with Gasteiger partial charge in [0.15, 0.2) is 0 Å². The summed E-state index contributed by atoms with van der Waals surface area (Å²) in [5.74, 6) is -4.11. The Morgan fingerprint density at radius 2 is 1.92 bits per heavy atom. The van der Waals surface area contributed by atoms with E-state index in [-0.39, 0.29) is 18.0 Å². The van der Waals surface area contributed by atoms with Crippen LogP contribution >= 0.6 is 0 Å². The van der Waals surface area contributed by atoms with Gasteiger partial charge in [-0.2, -0.15) is 8.78 Å². The van der Waals surface area contributed by atoms with E-state index in [1.807, 2.05) is 0 Å². The summed E-state index contributed by atoms with van der Waals surface area (Å²) in [6.07, 6.45) is 5.70. The normalized spacial score (nSPS) is 26.0. The average Bonchev–Trinajstić information content (AvgIpc) is 3.44. The standard InChI is InChI=1S/C26H34F2N6O4/c1-33-20-14-29-25(32-22(20)34(18-5-3-4-6-18)15-26(27,28)24(33)36)31-19-8-7-16(13-21(19)37-2)23(35)30-17-9-11-38-12-10-17/h7-8,13-14,17-18,20,25,31H,3-6,9-12,15H2,1-2H3,(H,30,35). The van der Waals surface area contributed by atoms with Crippen molar-refractivity contribution < 1.29 is 27.8 Å². The monoisotopic (exact) mass is 532 g/mol. The highest BCUT2D eigenvalue weighted by atomic mass is 19.3. The highest BCUT2D eigenvalue weighted by Crippen LogP contribution is 2.33. The number of rotatable bonds is 6. The number of hydrogen-bond donors (Lipinski definition) is 2. The molecule has 0 spiro atoms. The number of fused-ring (bicyclic) bond motifs is 1. The maximum absolute atomic E-state index is 14.8. The van der Waals surface area contributed by atoms with Gasteiger partial charge in [0, 0.05) is 44.1 Å². The fraction of sp³-hybridized carbons (Fsp3) is 0.615. The summed E-state index contributed by atoms with van der Waals surface area (Å²) in [5.41, 5.74) is 1.01. The molecule has 2 amide bonds. The second-order valence-electron chi connectivity index (χ2n) is 10.2. The number of benzene rings is 1. The Bertz CT molecular complexity index is 1120. The van der Waals surface area contributed by atoms with Gasteiger partial charge < -0.3 is 29.9 Å². The molecule has 38 heavy (non-hydrogen) atoms. The van der Waals surface area contributed by atoms with E-state index in [1.54, 1.807) is 23.1 Å². The lowest BCUT2D eigenvalue weighted by molar-refractivity contribution is -0.155. The molecule has 1 aromatic rings. The second-order valence-corrected chi connectivity index (χ2v) is 10.2. The van der Waals surface area contributed by atoms with Gasteiger partial charge in [0.2, 0.25) is 6.29 Å². The lowest BCUT2D eigenvalue weighted by atomic mass is 10.1. The van der Waals surface area contributed by atoms with Crippen LogP contribution in [0.1, 0.15) is 48.9 Å². The van der Waals surface area contributed by atoms with Crippen molar-refractivity contribution in [3.8, 4) is 5.75 Å². The Morgan fingerprint density at radius 3 is 2.63 bits per heavy atom. The number of nitrogens with one attached hydrogen (secondary N) is 2. The first-order valence-corrected chi connectivity index (χ1v) is 13.1. The number of nitrogens with zero attached hydrogens (tertiary/aromatic N) is 4. The van der Waals surface area contributed by atoms with Crippen LogP contribution in [0, 0.1) is 0 Å². The fourth-order valence-corrected chi connectivity index (χ4v) is 5.53. The number of methoxy groups -OCH3 is 1. The lowest BCUT2D eigenvalue weighted by Gasteiger charge is -2.36. The number of ether oxygens (including phenoxy) is 2. The van der Waals surface area contributed by atoms with Gasteiger partial charge in [-0.05, 0) is 43.9 Å². The molecule has 1 aromatic carbocycles. The Balaban J connectivity index is 1.36. The van der Waals surface area contributed by atoms with E-state index in [1.165, 1.54) is 20.4 Å². The molecule has 0 aromatic heterocycles. The summed E-state index contributed by atoms with van der Waals surface area (Å²) in [7, 11) is 2.87. The number of anilines is 1.